The number of aliphatic hydroxyl groups is 1. The summed E-state index contributed by atoms with van der Waals surface area (Å²) in [6.45, 7) is 1.26. The highest BCUT2D eigenvalue weighted by Crippen LogP contribution is 2.28. The van der Waals surface area contributed by atoms with Crippen LogP contribution in [0.15, 0.2) is 36.7 Å². The first-order valence-electron chi connectivity index (χ1n) is 7.95. The van der Waals surface area contributed by atoms with Crippen molar-refractivity contribution in [1.29, 1.82) is 0 Å². The summed E-state index contributed by atoms with van der Waals surface area (Å²) < 4.78 is 15.4. The van der Waals surface area contributed by atoms with Gasteiger partial charge in [0.05, 0.1) is 18.2 Å². The SMILES string of the molecule is Cl.Cn1cc([C@H]2CNC[C@@H]2C(=O)NCC(O)c2ccccc2F)cn1. The van der Waals surface area contributed by atoms with Crippen LogP contribution in [0.3, 0.4) is 0 Å². The van der Waals surface area contributed by atoms with E-state index in [0.717, 1.165) is 5.56 Å². The number of hydrogen-bond acceptors (Lipinski definition) is 4. The number of hydrogen-bond donors (Lipinski definition) is 3. The summed E-state index contributed by atoms with van der Waals surface area (Å²) in [5.41, 5.74) is 1.20. The smallest absolute Gasteiger partial charge is 0.225 e. The highest BCUT2D eigenvalue weighted by molar-refractivity contribution is 5.85. The third kappa shape index (κ3) is 4.36. The van der Waals surface area contributed by atoms with Crippen molar-refractivity contribution in [3.8, 4) is 0 Å². The number of benzene rings is 1. The third-order valence-corrected chi connectivity index (χ3v) is 4.44. The van der Waals surface area contributed by atoms with E-state index in [9.17, 15) is 14.3 Å². The molecule has 1 saturated heterocycles. The predicted octanol–water partition coefficient (Wildman–Crippen LogP) is 1.13. The molecule has 0 radical (unpaired) electrons. The number of rotatable bonds is 5. The number of aromatic nitrogens is 2. The number of nitrogens with one attached hydrogen (secondary N) is 2. The number of amides is 1. The molecular formula is C17H22ClFN4O2. The van der Waals surface area contributed by atoms with Crippen molar-refractivity contribution in [3.63, 3.8) is 0 Å². The van der Waals surface area contributed by atoms with Crippen LogP contribution in [0, 0.1) is 11.7 Å². The van der Waals surface area contributed by atoms with Gasteiger partial charge in [0.15, 0.2) is 0 Å². The van der Waals surface area contributed by atoms with Gasteiger partial charge >= 0.3 is 0 Å². The van der Waals surface area contributed by atoms with Gasteiger partial charge in [-0.15, -0.1) is 12.4 Å². The topological polar surface area (TPSA) is 79.2 Å². The number of aliphatic hydroxyl groups excluding tert-OH is 1. The predicted molar refractivity (Wildman–Crippen MR) is 93.9 cm³/mol. The Bertz CT molecular complexity index is 724. The minimum absolute atomic E-state index is 0. The van der Waals surface area contributed by atoms with Crippen molar-refractivity contribution >= 4 is 18.3 Å². The Morgan fingerprint density at radius 1 is 1.48 bits per heavy atom. The van der Waals surface area contributed by atoms with Crippen LogP contribution in [0.2, 0.25) is 0 Å². The summed E-state index contributed by atoms with van der Waals surface area (Å²) in [4.78, 5) is 12.5. The molecule has 1 aliphatic heterocycles. The lowest BCUT2D eigenvalue weighted by atomic mass is 9.90. The van der Waals surface area contributed by atoms with Crippen molar-refractivity contribution in [3.05, 3.63) is 53.6 Å². The van der Waals surface area contributed by atoms with Crippen LogP contribution >= 0.6 is 12.4 Å². The minimum Gasteiger partial charge on any atom is -0.386 e. The van der Waals surface area contributed by atoms with Crippen LogP contribution < -0.4 is 10.6 Å². The van der Waals surface area contributed by atoms with E-state index < -0.39 is 11.9 Å². The Balaban J connectivity index is 0.00000225. The van der Waals surface area contributed by atoms with Gasteiger partial charge in [-0.2, -0.15) is 5.10 Å². The Labute approximate surface area is 151 Å². The minimum atomic E-state index is -1.07. The van der Waals surface area contributed by atoms with Gasteiger partial charge < -0.3 is 15.7 Å². The quantitative estimate of drug-likeness (QED) is 0.739. The first-order chi connectivity index (χ1) is 11.6. The number of carbonyl (C=O) groups excluding carboxylic acids is 1. The van der Waals surface area contributed by atoms with Crippen LogP contribution in [-0.4, -0.2) is 40.4 Å². The molecule has 0 saturated carbocycles. The first-order valence-corrected chi connectivity index (χ1v) is 7.95. The normalized spacial score (nSPS) is 20.8. The summed E-state index contributed by atoms with van der Waals surface area (Å²) in [5.74, 6) is -0.814. The van der Waals surface area contributed by atoms with Gasteiger partial charge in [-0.25, -0.2) is 4.39 Å². The van der Waals surface area contributed by atoms with Crippen LogP contribution in [-0.2, 0) is 11.8 Å². The highest BCUT2D eigenvalue weighted by atomic mass is 35.5. The zero-order chi connectivity index (χ0) is 17.1. The summed E-state index contributed by atoms with van der Waals surface area (Å²) >= 11 is 0. The molecule has 2 aromatic rings. The Hall–Kier alpha value is -1.96. The van der Waals surface area contributed by atoms with E-state index in [2.05, 4.69) is 15.7 Å². The van der Waals surface area contributed by atoms with E-state index in [1.54, 1.807) is 23.0 Å². The molecule has 8 heteroatoms. The Morgan fingerprint density at radius 3 is 2.92 bits per heavy atom. The van der Waals surface area contributed by atoms with E-state index in [-0.39, 0.29) is 42.3 Å². The fourth-order valence-corrected chi connectivity index (χ4v) is 3.12. The maximum atomic E-state index is 13.7. The highest BCUT2D eigenvalue weighted by Gasteiger charge is 2.34. The maximum Gasteiger partial charge on any atom is 0.225 e. The molecule has 6 nitrogen and oxygen atoms in total. The molecule has 3 atom stereocenters. The third-order valence-electron chi connectivity index (χ3n) is 4.44. The first kappa shape index (κ1) is 19.4. The molecule has 3 N–H and O–H groups in total. The van der Waals surface area contributed by atoms with E-state index in [0.29, 0.717) is 13.1 Å². The molecule has 3 rings (SSSR count). The van der Waals surface area contributed by atoms with Crippen LogP contribution in [0.4, 0.5) is 4.39 Å². The van der Waals surface area contributed by atoms with Crippen molar-refractivity contribution in [2.24, 2.45) is 13.0 Å². The Morgan fingerprint density at radius 2 is 2.24 bits per heavy atom. The molecule has 0 spiro atoms. The van der Waals surface area contributed by atoms with Crippen LogP contribution in [0.5, 0.6) is 0 Å². The average molecular weight is 369 g/mol. The molecule has 1 unspecified atom stereocenters. The van der Waals surface area contributed by atoms with Gasteiger partial charge in [0.25, 0.3) is 0 Å². The summed E-state index contributed by atoms with van der Waals surface area (Å²) in [6, 6.07) is 6.02. The number of aryl methyl sites for hydroxylation is 1. The number of carbonyl (C=O) groups is 1. The second-order valence-electron chi connectivity index (χ2n) is 6.10. The number of halogens is 2. The monoisotopic (exact) mass is 368 g/mol. The average Bonchev–Trinajstić information content (AvgIpc) is 3.21. The fourth-order valence-electron chi connectivity index (χ4n) is 3.12. The van der Waals surface area contributed by atoms with Gasteiger partial charge in [-0.3, -0.25) is 9.48 Å². The van der Waals surface area contributed by atoms with E-state index in [1.807, 2.05) is 13.2 Å². The van der Waals surface area contributed by atoms with Crippen molar-refractivity contribution in [2.75, 3.05) is 19.6 Å². The lowest BCUT2D eigenvalue weighted by Gasteiger charge is -2.19. The lowest BCUT2D eigenvalue weighted by molar-refractivity contribution is -0.125. The second-order valence-corrected chi connectivity index (χ2v) is 6.10. The Kier molecular flexibility index (Phi) is 6.52. The largest absolute Gasteiger partial charge is 0.386 e. The van der Waals surface area contributed by atoms with Gasteiger partial charge in [-0.1, -0.05) is 18.2 Å². The van der Waals surface area contributed by atoms with Gasteiger partial charge in [0.2, 0.25) is 5.91 Å². The van der Waals surface area contributed by atoms with Crippen LogP contribution in [0.25, 0.3) is 0 Å². The molecule has 1 aliphatic rings. The zero-order valence-electron chi connectivity index (χ0n) is 13.9. The molecule has 136 valence electrons. The van der Waals surface area contributed by atoms with Crippen molar-refractivity contribution in [1.82, 2.24) is 20.4 Å². The molecule has 2 heterocycles. The summed E-state index contributed by atoms with van der Waals surface area (Å²) in [5, 5.41) is 20.2. The van der Waals surface area contributed by atoms with E-state index >= 15 is 0 Å². The zero-order valence-corrected chi connectivity index (χ0v) is 14.7. The van der Waals surface area contributed by atoms with Crippen LogP contribution in [0.1, 0.15) is 23.1 Å². The lowest BCUT2D eigenvalue weighted by Crippen LogP contribution is -2.36. The van der Waals surface area contributed by atoms with Gasteiger partial charge in [-0.05, 0) is 11.6 Å². The number of nitrogens with zero attached hydrogens (tertiary/aromatic N) is 2. The van der Waals surface area contributed by atoms with Crippen molar-refractivity contribution < 1.29 is 14.3 Å². The molecule has 1 fully saturated rings. The summed E-state index contributed by atoms with van der Waals surface area (Å²) in [7, 11) is 1.84. The maximum absolute atomic E-state index is 13.7. The van der Waals surface area contributed by atoms with Gasteiger partial charge in [0, 0.05) is 44.4 Å². The molecule has 0 bridgehead atoms. The standard InChI is InChI=1S/C17H21FN4O2.ClH/c1-22-10-11(6-21-22)13-7-19-8-14(13)17(24)20-9-16(23)12-4-2-3-5-15(12)18;/h2-6,10,13-14,16,19,23H,7-9H2,1H3,(H,20,24);1H/t13-,14+,16?;/m1./s1. The van der Waals surface area contributed by atoms with Crippen molar-refractivity contribution in [2.45, 2.75) is 12.0 Å². The molecular weight excluding hydrogens is 347 g/mol. The molecule has 1 amide bonds. The van der Waals surface area contributed by atoms with E-state index in [1.165, 1.54) is 12.1 Å². The molecule has 25 heavy (non-hydrogen) atoms. The summed E-state index contributed by atoms with van der Waals surface area (Å²) in [6.07, 6.45) is 2.61. The van der Waals surface area contributed by atoms with Gasteiger partial charge in [0.1, 0.15) is 5.82 Å². The molecule has 0 aliphatic carbocycles. The second kappa shape index (κ2) is 8.42. The fraction of sp³-hybridized carbons (Fsp3) is 0.412. The molecule has 1 aromatic heterocycles. The van der Waals surface area contributed by atoms with E-state index in [4.69, 9.17) is 0 Å². The molecule has 1 aromatic carbocycles.